The Kier molecular flexibility index (Phi) is 4.24. The van der Waals surface area contributed by atoms with Crippen molar-refractivity contribution in [2.75, 3.05) is 6.61 Å². The zero-order chi connectivity index (χ0) is 17.5. The Morgan fingerprint density at radius 1 is 1.46 bits per heavy atom. The number of carboxylic acid groups (broad SMARTS) is 1. The first-order chi connectivity index (χ1) is 11.3. The Morgan fingerprint density at radius 2 is 2.21 bits per heavy atom. The molecule has 1 heterocycles. The zero-order valence-electron chi connectivity index (χ0n) is 13.7. The highest BCUT2D eigenvalue weighted by atomic mass is 19.3. The Hall–Kier alpha value is -2.11. The van der Waals surface area contributed by atoms with Crippen LogP contribution in [0.5, 0.6) is 5.75 Å². The highest BCUT2D eigenvalue weighted by Crippen LogP contribution is 2.41. The van der Waals surface area contributed by atoms with Gasteiger partial charge in [-0.1, -0.05) is 6.92 Å². The summed E-state index contributed by atoms with van der Waals surface area (Å²) in [4.78, 5) is 11.5. The Bertz CT molecular complexity index is 779. The fourth-order valence-electron chi connectivity index (χ4n) is 3.50. The number of alkyl halides is 2. The molecule has 1 atom stereocenters. The van der Waals surface area contributed by atoms with Crippen molar-refractivity contribution in [2.24, 2.45) is 5.92 Å². The number of furan rings is 1. The van der Waals surface area contributed by atoms with Crippen molar-refractivity contribution < 1.29 is 27.8 Å². The average molecular weight is 338 g/mol. The van der Waals surface area contributed by atoms with Gasteiger partial charge in [-0.05, 0) is 38.3 Å². The van der Waals surface area contributed by atoms with E-state index in [0.29, 0.717) is 47.3 Å². The summed E-state index contributed by atoms with van der Waals surface area (Å²) in [6.07, 6.45) is 1.38. The van der Waals surface area contributed by atoms with E-state index in [0.717, 1.165) is 0 Å². The zero-order valence-corrected chi connectivity index (χ0v) is 13.7. The van der Waals surface area contributed by atoms with Crippen LogP contribution < -0.4 is 4.74 Å². The maximum atomic E-state index is 13.7. The minimum Gasteiger partial charge on any atom is -0.493 e. The van der Waals surface area contributed by atoms with Crippen LogP contribution in [0.3, 0.4) is 0 Å². The molecule has 1 aromatic carbocycles. The van der Waals surface area contributed by atoms with E-state index in [9.17, 15) is 18.7 Å². The highest BCUT2D eigenvalue weighted by Gasteiger charge is 2.44. The fourth-order valence-corrected chi connectivity index (χ4v) is 3.50. The molecule has 1 aliphatic rings. The van der Waals surface area contributed by atoms with Gasteiger partial charge < -0.3 is 14.3 Å². The Labute approximate surface area is 138 Å². The third kappa shape index (κ3) is 2.74. The van der Waals surface area contributed by atoms with Gasteiger partial charge in [0.05, 0.1) is 12.5 Å². The van der Waals surface area contributed by atoms with E-state index < -0.39 is 17.8 Å². The SMILES string of the molecule is CCc1c(OCC2CCCC2(F)F)ccc2oc(C)c(C(=O)O)c12. The van der Waals surface area contributed by atoms with Gasteiger partial charge in [0.15, 0.2) is 0 Å². The molecule has 1 N–H and O–H groups in total. The van der Waals surface area contributed by atoms with Crippen molar-refractivity contribution in [1.82, 2.24) is 0 Å². The number of halogens is 2. The second-order valence-electron chi connectivity index (χ2n) is 6.27. The summed E-state index contributed by atoms with van der Waals surface area (Å²) in [6.45, 7) is 3.41. The molecular formula is C18H20F2O4. The number of hydrogen-bond donors (Lipinski definition) is 1. The maximum absolute atomic E-state index is 13.7. The molecule has 1 aromatic heterocycles. The van der Waals surface area contributed by atoms with Crippen LogP contribution in [-0.4, -0.2) is 23.6 Å². The molecule has 1 saturated carbocycles. The predicted molar refractivity (Wildman–Crippen MR) is 85.1 cm³/mol. The summed E-state index contributed by atoms with van der Waals surface area (Å²) in [5.74, 6) is -3.76. The minimum absolute atomic E-state index is 0.0647. The van der Waals surface area contributed by atoms with Crippen LogP contribution in [0.4, 0.5) is 8.78 Å². The van der Waals surface area contributed by atoms with Gasteiger partial charge >= 0.3 is 5.97 Å². The number of carboxylic acids is 1. The monoisotopic (exact) mass is 338 g/mol. The molecule has 6 heteroatoms. The van der Waals surface area contributed by atoms with Crippen LogP contribution in [0.25, 0.3) is 11.0 Å². The van der Waals surface area contributed by atoms with E-state index >= 15 is 0 Å². The quantitative estimate of drug-likeness (QED) is 0.849. The van der Waals surface area contributed by atoms with Crippen molar-refractivity contribution in [3.8, 4) is 5.75 Å². The highest BCUT2D eigenvalue weighted by molar-refractivity contribution is 6.05. The lowest BCUT2D eigenvalue weighted by atomic mass is 10.0. The molecule has 1 unspecified atom stereocenters. The van der Waals surface area contributed by atoms with Crippen molar-refractivity contribution in [1.29, 1.82) is 0 Å². The molecule has 24 heavy (non-hydrogen) atoms. The first-order valence-electron chi connectivity index (χ1n) is 8.14. The van der Waals surface area contributed by atoms with E-state index in [1.807, 2.05) is 6.92 Å². The number of rotatable bonds is 5. The van der Waals surface area contributed by atoms with Crippen LogP contribution >= 0.6 is 0 Å². The number of benzene rings is 1. The molecule has 0 spiro atoms. The number of fused-ring (bicyclic) bond motifs is 1. The second kappa shape index (κ2) is 6.07. The summed E-state index contributed by atoms with van der Waals surface area (Å²) in [7, 11) is 0. The van der Waals surface area contributed by atoms with E-state index in [1.54, 1.807) is 19.1 Å². The van der Waals surface area contributed by atoms with Gasteiger partial charge in [0.2, 0.25) is 0 Å². The smallest absolute Gasteiger partial charge is 0.339 e. The number of ether oxygens (including phenoxy) is 1. The van der Waals surface area contributed by atoms with Gasteiger partial charge in [0.1, 0.15) is 22.7 Å². The maximum Gasteiger partial charge on any atom is 0.339 e. The molecule has 2 aromatic rings. The predicted octanol–water partition coefficient (Wildman–Crippen LogP) is 4.82. The summed E-state index contributed by atoms with van der Waals surface area (Å²) >= 11 is 0. The van der Waals surface area contributed by atoms with Crippen molar-refractivity contribution in [2.45, 2.75) is 45.5 Å². The molecule has 1 fully saturated rings. The Balaban J connectivity index is 1.96. The van der Waals surface area contributed by atoms with Crippen LogP contribution in [0, 0.1) is 12.8 Å². The first-order valence-corrected chi connectivity index (χ1v) is 8.14. The van der Waals surface area contributed by atoms with E-state index in [2.05, 4.69) is 0 Å². The number of carbonyl (C=O) groups is 1. The fraction of sp³-hybridized carbons (Fsp3) is 0.500. The minimum atomic E-state index is -2.69. The molecule has 3 rings (SSSR count). The number of hydrogen-bond acceptors (Lipinski definition) is 3. The molecule has 0 bridgehead atoms. The largest absolute Gasteiger partial charge is 0.493 e. The van der Waals surface area contributed by atoms with Gasteiger partial charge in [-0.2, -0.15) is 0 Å². The molecule has 0 saturated heterocycles. The number of aromatic carboxylic acids is 1. The summed E-state index contributed by atoms with van der Waals surface area (Å²) in [5.41, 5.74) is 1.27. The molecular weight excluding hydrogens is 318 g/mol. The van der Waals surface area contributed by atoms with Crippen LogP contribution in [0.2, 0.25) is 0 Å². The third-order valence-corrected chi connectivity index (χ3v) is 4.76. The normalized spacial score (nSPS) is 19.8. The van der Waals surface area contributed by atoms with Gasteiger partial charge in [0.25, 0.3) is 5.92 Å². The summed E-state index contributed by atoms with van der Waals surface area (Å²) in [5, 5.41) is 9.93. The van der Waals surface area contributed by atoms with Crippen molar-refractivity contribution in [3.63, 3.8) is 0 Å². The topological polar surface area (TPSA) is 59.7 Å². The molecule has 4 nitrogen and oxygen atoms in total. The second-order valence-corrected chi connectivity index (χ2v) is 6.27. The van der Waals surface area contributed by atoms with Gasteiger partial charge in [-0.25, -0.2) is 13.6 Å². The van der Waals surface area contributed by atoms with Gasteiger partial charge in [0, 0.05) is 17.4 Å². The lowest BCUT2D eigenvalue weighted by Crippen LogP contribution is -2.27. The molecule has 1 aliphatic carbocycles. The number of aryl methyl sites for hydroxylation is 2. The average Bonchev–Trinajstić information content (AvgIpc) is 3.02. The van der Waals surface area contributed by atoms with E-state index in [4.69, 9.17) is 9.15 Å². The lowest BCUT2D eigenvalue weighted by molar-refractivity contribution is -0.0506. The van der Waals surface area contributed by atoms with Gasteiger partial charge in [-0.15, -0.1) is 0 Å². The van der Waals surface area contributed by atoms with Gasteiger partial charge in [-0.3, -0.25) is 0 Å². The summed E-state index contributed by atoms with van der Waals surface area (Å²) < 4.78 is 38.7. The Morgan fingerprint density at radius 3 is 2.79 bits per heavy atom. The van der Waals surface area contributed by atoms with Crippen LogP contribution in [0.1, 0.15) is 47.9 Å². The molecule has 0 aliphatic heterocycles. The lowest BCUT2D eigenvalue weighted by Gasteiger charge is -2.20. The first kappa shape index (κ1) is 16.7. The standard InChI is InChI=1S/C18H20F2O4/c1-3-12-13(23-9-11-5-4-8-18(11,19)20)6-7-14-16(12)15(17(21)22)10(2)24-14/h6-7,11H,3-5,8-9H2,1-2H3,(H,21,22). The summed E-state index contributed by atoms with van der Waals surface area (Å²) in [6, 6.07) is 3.30. The van der Waals surface area contributed by atoms with E-state index in [1.165, 1.54) is 0 Å². The molecule has 130 valence electrons. The van der Waals surface area contributed by atoms with E-state index in [-0.39, 0.29) is 18.6 Å². The van der Waals surface area contributed by atoms with Crippen LogP contribution in [-0.2, 0) is 6.42 Å². The van der Waals surface area contributed by atoms with Crippen molar-refractivity contribution >= 4 is 16.9 Å². The molecule has 0 amide bonds. The van der Waals surface area contributed by atoms with Crippen molar-refractivity contribution in [3.05, 3.63) is 29.0 Å². The van der Waals surface area contributed by atoms with Crippen LogP contribution in [0.15, 0.2) is 16.5 Å². The molecule has 0 radical (unpaired) electrons. The third-order valence-electron chi connectivity index (χ3n) is 4.76.